The van der Waals surface area contributed by atoms with E-state index in [-0.39, 0.29) is 18.1 Å². The topological polar surface area (TPSA) is 48.7 Å². The molecule has 19 heavy (non-hydrogen) atoms. The lowest BCUT2D eigenvalue weighted by molar-refractivity contribution is 0.0561. The number of hydrogen-bond acceptors (Lipinski definition) is 4. The molecular formula is C13H10F2O4. The van der Waals surface area contributed by atoms with Crippen molar-refractivity contribution in [1.82, 2.24) is 0 Å². The Labute approximate surface area is 107 Å². The van der Waals surface area contributed by atoms with Crippen molar-refractivity contribution in [2.24, 2.45) is 0 Å². The van der Waals surface area contributed by atoms with Gasteiger partial charge in [0.2, 0.25) is 5.76 Å². The van der Waals surface area contributed by atoms with Gasteiger partial charge in [-0.15, -0.1) is 0 Å². The maximum absolute atomic E-state index is 12.9. The van der Waals surface area contributed by atoms with Gasteiger partial charge >= 0.3 is 5.97 Å². The number of carbonyl (C=O) groups is 1. The molecule has 0 saturated carbocycles. The first-order valence-corrected chi connectivity index (χ1v) is 5.35. The predicted octanol–water partition coefficient (Wildman–Crippen LogP) is 2.92. The Morgan fingerprint density at radius 2 is 2.00 bits per heavy atom. The smallest absolute Gasteiger partial charge is 0.373 e. The number of rotatable bonds is 4. The van der Waals surface area contributed by atoms with Crippen LogP contribution in [0.2, 0.25) is 0 Å². The van der Waals surface area contributed by atoms with E-state index in [1.807, 2.05) is 0 Å². The molecule has 1 aromatic heterocycles. The largest absolute Gasteiger partial charge is 0.486 e. The van der Waals surface area contributed by atoms with Gasteiger partial charge in [-0.3, -0.25) is 0 Å². The number of esters is 1. The van der Waals surface area contributed by atoms with Crippen molar-refractivity contribution in [3.05, 3.63) is 53.5 Å². The standard InChI is InChI=1S/C13H10F2O4/c1-17-13(16)12-5-3-9(19-12)7-18-8-2-4-10(14)11(15)6-8/h2-6H,7H2,1H3. The summed E-state index contributed by atoms with van der Waals surface area (Å²) in [4.78, 5) is 11.1. The molecular weight excluding hydrogens is 258 g/mol. The van der Waals surface area contributed by atoms with Gasteiger partial charge in [-0.2, -0.15) is 0 Å². The highest BCUT2D eigenvalue weighted by Gasteiger charge is 2.11. The lowest BCUT2D eigenvalue weighted by Crippen LogP contribution is -1.99. The number of halogens is 2. The monoisotopic (exact) mass is 268 g/mol. The van der Waals surface area contributed by atoms with Crippen LogP contribution in [0.25, 0.3) is 0 Å². The van der Waals surface area contributed by atoms with Crippen LogP contribution < -0.4 is 4.74 Å². The molecule has 0 aliphatic carbocycles. The highest BCUT2D eigenvalue weighted by atomic mass is 19.2. The molecule has 0 spiro atoms. The van der Waals surface area contributed by atoms with Crippen molar-refractivity contribution in [2.75, 3.05) is 7.11 Å². The molecule has 4 nitrogen and oxygen atoms in total. The minimum Gasteiger partial charge on any atom is -0.486 e. The Kier molecular flexibility index (Phi) is 3.79. The van der Waals surface area contributed by atoms with Crippen LogP contribution in [0.5, 0.6) is 5.75 Å². The molecule has 0 N–H and O–H groups in total. The summed E-state index contributed by atoms with van der Waals surface area (Å²) in [6.07, 6.45) is 0. The van der Waals surface area contributed by atoms with Crippen LogP contribution in [0.15, 0.2) is 34.7 Å². The zero-order valence-corrected chi connectivity index (χ0v) is 9.98. The van der Waals surface area contributed by atoms with Gasteiger partial charge in [0, 0.05) is 6.07 Å². The number of benzene rings is 1. The summed E-state index contributed by atoms with van der Waals surface area (Å²) < 4.78 is 40.4. The van der Waals surface area contributed by atoms with Crippen molar-refractivity contribution in [3.63, 3.8) is 0 Å². The van der Waals surface area contributed by atoms with E-state index in [9.17, 15) is 13.6 Å². The average molecular weight is 268 g/mol. The van der Waals surface area contributed by atoms with Gasteiger partial charge in [0.05, 0.1) is 7.11 Å². The number of carbonyl (C=O) groups excluding carboxylic acids is 1. The number of ether oxygens (including phenoxy) is 2. The lowest BCUT2D eigenvalue weighted by atomic mass is 10.3. The zero-order chi connectivity index (χ0) is 13.8. The molecule has 6 heteroatoms. The van der Waals surface area contributed by atoms with Crippen LogP contribution in [0.3, 0.4) is 0 Å². The molecule has 0 fully saturated rings. The van der Waals surface area contributed by atoms with Gasteiger partial charge in [-0.05, 0) is 24.3 Å². The van der Waals surface area contributed by atoms with E-state index < -0.39 is 17.6 Å². The summed E-state index contributed by atoms with van der Waals surface area (Å²) in [6, 6.07) is 6.16. The van der Waals surface area contributed by atoms with E-state index in [0.29, 0.717) is 5.76 Å². The molecule has 0 aliphatic heterocycles. The van der Waals surface area contributed by atoms with Crippen LogP contribution in [0, 0.1) is 11.6 Å². The second kappa shape index (κ2) is 5.51. The van der Waals surface area contributed by atoms with Crippen LogP contribution in [-0.4, -0.2) is 13.1 Å². The molecule has 1 heterocycles. The summed E-state index contributed by atoms with van der Waals surface area (Å²) in [6.45, 7) is -0.0118. The first kappa shape index (κ1) is 13.1. The second-order valence-electron chi connectivity index (χ2n) is 3.62. The van der Waals surface area contributed by atoms with Crippen molar-refractivity contribution in [2.45, 2.75) is 6.61 Å². The summed E-state index contributed by atoms with van der Waals surface area (Å²) in [5, 5.41) is 0. The van der Waals surface area contributed by atoms with Crippen LogP contribution >= 0.6 is 0 Å². The summed E-state index contributed by atoms with van der Waals surface area (Å²) in [5.74, 6) is -1.96. The molecule has 0 aliphatic rings. The maximum atomic E-state index is 12.9. The van der Waals surface area contributed by atoms with E-state index in [1.54, 1.807) is 0 Å². The predicted molar refractivity (Wildman–Crippen MR) is 60.7 cm³/mol. The van der Waals surface area contributed by atoms with E-state index in [2.05, 4.69) is 4.74 Å². The summed E-state index contributed by atoms with van der Waals surface area (Å²) in [7, 11) is 1.24. The Morgan fingerprint density at radius 1 is 1.21 bits per heavy atom. The lowest BCUT2D eigenvalue weighted by Gasteiger charge is -2.04. The Morgan fingerprint density at radius 3 is 2.68 bits per heavy atom. The van der Waals surface area contributed by atoms with Gasteiger partial charge < -0.3 is 13.9 Å². The van der Waals surface area contributed by atoms with E-state index in [1.165, 1.54) is 25.3 Å². The molecule has 0 bridgehead atoms. The van der Waals surface area contributed by atoms with Crippen LogP contribution in [-0.2, 0) is 11.3 Å². The van der Waals surface area contributed by atoms with E-state index >= 15 is 0 Å². The Bertz CT molecular complexity index is 592. The third-order valence-electron chi connectivity index (χ3n) is 2.32. The average Bonchev–Trinajstić information content (AvgIpc) is 2.88. The fraction of sp³-hybridized carbons (Fsp3) is 0.154. The molecule has 1 aromatic carbocycles. The maximum Gasteiger partial charge on any atom is 0.373 e. The van der Waals surface area contributed by atoms with Gasteiger partial charge in [-0.25, -0.2) is 13.6 Å². The molecule has 100 valence electrons. The van der Waals surface area contributed by atoms with Gasteiger partial charge in [0.25, 0.3) is 0 Å². The molecule has 0 atom stereocenters. The van der Waals surface area contributed by atoms with Crippen LogP contribution in [0.1, 0.15) is 16.3 Å². The zero-order valence-electron chi connectivity index (χ0n) is 9.98. The first-order valence-electron chi connectivity index (χ1n) is 5.35. The SMILES string of the molecule is COC(=O)c1ccc(COc2ccc(F)c(F)c2)o1. The van der Waals surface area contributed by atoms with E-state index in [0.717, 1.165) is 12.1 Å². The fourth-order valence-corrected chi connectivity index (χ4v) is 1.39. The van der Waals surface area contributed by atoms with Crippen molar-refractivity contribution < 1.29 is 27.5 Å². The van der Waals surface area contributed by atoms with Gasteiger partial charge in [0.15, 0.2) is 11.6 Å². The van der Waals surface area contributed by atoms with E-state index in [4.69, 9.17) is 9.15 Å². The Balaban J connectivity index is 2.00. The quantitative estimate of drug-likeness (QED) is 0.800. The molecule has 0 saturated heterocycles. The number of hydrogen-bond donors (Lipinski definition) is 0. The number of methoxy groups -OCH3 is 1. The third kappa shape index (κ3) is 3.09. The minimum absolute atomic E-state index is 0.0118. The molecule has 2 rings (SSSR count). The highest BCUT2D eigenvalue weighted by molar-refractivity contribution is 5.86. The van der Waals surface area contributed by atoms with Crippen molar-refractivity contribution in [3.8, 4) is 5.75 Å². The number of furan rings is 1. The minimum atomic E-state index is -0.993. The van der Waals surface area contributed by atoms with Gasteiger partial charge in [0.1, 0.15) is 18.1 Å². The summed E-state index contributed by atoms with van der Waals surface area (Å²) in [5.41, 5.74) is 0. The third-order valence-corrected chi connectivity index (χ3v) is 2.32. The van der Waals surface area contributed by atoms with Crippen molar-refractivity contribution >= 4 is 5.97 Å². The van der Waals surface area contributed by atoms with Crippen molar-refractivity contribution in [1.29, 1.82) is 0 Å². The molecule has 0 radical (unpaired) electrons. The first-order chi connectivity index (χ1) is 9.10. The molecule has 2 aromatic rings. The highest BCUT2D eigenvalue weighted by Crippen LogP contribution is 2.17. The molecule has 0 amide bonds. The van der Waals surface area contributed by atoms with Gasteiger partial charge in [-0.1, -0.05) is 0 Å². The summed E-state index contributed by atoms with van der Waals surface area (Å²) >= 11 is 0. The molecule has 0 unspecified atom stereocenters. The van der Waals surface area contributed by atoms with Crippen LogP contribution in [0.4, 0.5) is 8.78 Å². The second-order valence-corrected chi connectivity index (χ2v) is 3.62. The normalized spacial score (nSPS) is 10.3. The Hall–Kier alpha value is -2.37. The fourth-order valence-electron chi connectivity index (χ4n) is 1.39.